The van der Waals surface area contributed by atoms with Crippen LogP contribution < -0.4 is 0 Å². The third kappa shape index (κ3) is 2.40. The lowest BCUT2D eigenvalue weighted by atomic mass is 10.1. The maximum atomic E-state index is 10.2. The fraction of sp³-hybridized carbons (Fsp3) is 0.571. The van der Waals surface area contributed by atoms with Gasteiger partial charge in [0.25, 0.3) is 0 Å². The molecule has 56 valence electrons. The van der Waals surface area contributed by atoms with E-state index in [0.29, 0.717) is 0 Å². The Bertz CT molecular complexity index is 154. The lowest BCUT2D eigenvalue weighted by Crippen LogP contribution is -2.13. The first-order chi connectivity index (χ1) is 4.79. The van der Waals surface area contributed by atoms with E-state index in [0.717, 1.165) is 19.3 Å². The quantitative estimate of drug-likeness (QED) is 0.435. The third-order valence-corrected chi connectivity index (χ3v) is 1.54. The number of carbonyl (C=O) groups is 1. The molecule has 0 aliphatic heterocycles. The minimum absolute atomic E-state index is 0.0845. The van der Waals surface area contributed by atoms with E-state index < -0.39 is 5.43 Å². The molecule has 0 heterocycles. The van der Waals surface area contributed by atoms with Crippen molar-refractivity contribution in [1.82, 2.24) is 0 Å². The molecule has 0 aromatic heterocycles. The largest absolute Gasteiger partial charge is 0.446 e. The maximum Gasteiger partial charge on any atom is 0.404 e. The van der Waals surface area contributed by atoms with Gasteiger partial charge in [-0.1, -0.05) is 6.08 Å². The van der Waals surface area contributed by atoms with Gasteiger partial charge in [-0.25, -0.2) is 4.79 Å². The second-order valence-corrected chi connectivity index (χ2v) is 2.56. The topological polar surface area (TPSA) is 26.3 Å². The van der Waals surface area contributed by atoms with Gasteiger partial charge in [-0.2, -0.15) is 0 Å². The molecule has 0 radical (unpaired) electrons. The van der Waals surface area contributed by atoms with Crippen LogP contribution in [0.2, 0.25) is 0 Å². The zero-order chi connectivity index (χ0) is 7.40. The molecular weight excluding hydrogens is 152 g/mol. The highest BCUT2D eigenvalue weighted by Crippen LogP contribution is 2.14. The van der Waals surface area contributed by atoms with Crippen molar-refractivity contribution >= 4 is 17.0 Å². The van der Waals surface area contributed by atoms with E-state index >= 15 is 0 Å². The highest BCUT2D eigenvalue weighted by molar-refractivity contribution is 6.61. The molecular formula is C7H9ClO2. The Hall–Kier alpha value is -0.500. The third-order valence-electron chi connectivity index (χ3n) is 1.45. The summed E-state index contributed by atoms with van der Waals surface area (Å²) in [7, 11) is 0. The van der Waals surface area contributed by atoms with Crippen LogP contribution in [0.1, 0.15) is 19.3 Å². The molecule has 0 saturated carbocycles. The molecule has 0 aromatic carbocycles. The number of allylic oxidation sites excluding steroid dienone is 1. The zero-order valence-electron chi connectivity index (χ0n) is 5.55. The molecule has 10 heavy (non-hydrogen) atoms. The molecule has 0 amide bonds. The predicted octanol–water partition coefficient (Wildman–Crippen LogP) is 2.47. The van der Waals surface area contributed by atoms with Gasteiger partial charge in [-0.3, -0.25) is 0 Å². The van der Waals surface area contributed by atoms with Crippen molar-refractivity contribution in [2.24, 2.45) is 0 Å². The Kier molecular flexibility index (Phi) is 2.75. The van der Waals surface area contributed by atoms with E-state index in [4.69, 9.17) is 16.3 Å². The van der Waals surface area contributed by atoms with Crippen LogP contribution in [0.5, 0.6) is 0 Å². The summed E-state index contributed by atoms with van der Waals surface area (Å²) in [5.41, 5.74) is -0.712. The van der Waals surface area contributed by atoms with Crippen molar-refractivity contribution in [3.05, 3.63) is 12.2 Å². The Labute approximate surface area is 64.8 Å². The normalized spacial score (nSPS) is 24.3. The molecule has 0 spiro atoms. The maximum absolute atomic E-state index is 10.2. The van der Waals surface area contributed by atoms with Crippen LogP contribution in [0, 0.1) is 0 Å². The van der Waals surface area contributed by atoms with E-state index in [9.17, 15) is 4.79 Å². The SMILES string of the molecule is O=C(Cl)OC1C=CCCC1. The van der Waals surface area contributed by atoms with Crippen molar-refractivity contribution in [2.75, 3.05) is 0 Å². The number of ether oxygens (including phenoxy) is 1. The Morgan fingerprint density at radius 2 is 2.50 bits per heavy atom. The summed E-state index contributed by atoms with van der Waals surface area (Å²) < 4.78 is 4.73. The fourth-order valence-corrected chi connectivity index (χ4v) is 1.11. The molecule has 1 aliphatic rings. The molecule has 1 aliphatic carbocycles. The minimum atomic E-state index is -0.712. The van der Waals surface area contributed by atoms with Gasteiger partial charge >= 0.3 is 5.43 Å². The second-order valence-electron chi connectivity index (χ2n) is 2.25. The lowest BCUT2D eigenvalue weighted by Gasteiger charge is -2.14. The Balaban J connectivity index is 2.33. The van der Waals surface area contributed by atoms with Crippen LogP contribution in [0.3, 0.4) is 0 Å². The van der Waals surface area contributed by atoms with Crippen molar-refractivity contribution in [3.8, 4) is 0 Å². The summed E-state index contributed by atoms with van der Waals surface area (Å²) in [6, 6.07) is 0. The van der Waals surface area contributed by atoms with E-state index in [1.165, 1.54) is 0 Å². The number of hydrogen-bond acceptors (Lipinski definition) is 2. The molecule has 0 fully saturated rings. The van der Waals surface area contributed by atoms with Crippen molar-refractivity contribution in [2.45, 2.75) is 25.4 Å². The highest BCUT2D eigenvalue weighted by Gasteiger charge is 2.10. The minimum Gasteiger partial charge on any atom is -0.446 e. The van der Waals surface area contributed by atoms with Gasteiger partial charge in [-0.15, -0.1) is 0 Å². The van der Waals surface area contributed by atoms with Gasteiger partial charge in [0, 0.05) is 11.6 Å². The number of halogens is 1. The van der Waals surface area contributed by atoms with Gasteiger partial charge in [0.15, 0.2) is 0 Å². The average molecular weight is 161 g/mol. The fourth-order valence-electron chi connectivity index (χ4n) is 0.998. The van der Waals surface area contributed by atoms with Crippen LogP contribution >= 0.6 is 11.6 Å². The van der Waals surface area contributed by atoms with Crippen molar-refractivity contribution in [1.29, 1.82) is 0 Å². The first kappa shape index (κ1) is 7.61. The van der Waals surface area contributed by atoms with E-state index in [2.05, 4.69) is 0 Å². The zero-order valence-corrected chi connectivity index (χ0v) is 6.30. The van der Waals surface area contributed by atoms with E-state index in [-0.39, 0.29) is 6.10 Å². The van der Waals surface area contributed by atoms with Crippen molar-refractivity contribution in [3.63, 3.8) is 0 Å². The molecule has 1 atom stereocenters. The Morgan fingerprint density at radius 3 is 3.00 bits per heavy atom. The standard InChI is InChI=1S/C7H9ClO2/c8-7(9)10-6-4-2-1-3-5-6/h2,4,6H,1,3,5H2. The molecule has 1 unspecified atom stereocenters. The van der Waals surface area contributed by atoms with Crippen molar-refractivity contribution < 1.29 is 9.53 Å². The monoisotopic (exact) mass is 160 g/mol. The van der Waals surface area contributed by atoms with Crippen LogP contribution in [0.25, 0.3) is 0 Å². The van der Waals surface area contributed by atoms with Crippen LogP contribution in [0.4, 0.5) is 4.79 Å². The molecule has 1 rings (SSSR count). The molecule has 0 bridgehead atoms. The van der Waals surface area contributed by atoms with E-state index in [1.807, 2.05) is 12.2 Å². The summed E-state index contributed by atoms with van der Waals surface area (Å²) >= 11 is 5.02. The number of rotatable bonds is 1. The summed E-state index contributed by atoms with van der Waals surface area (Å²) in [5.74, 6) is 0. The summed E-state index contributed by atoms with van der Waals surface area (Å²) in [6.07, 6.45) is 6.85. The van der Waals surface area contributed by atoms with Crippen LogP contribution in [-0.4, -0.2) is 11.5 Å². The molecule has 0 saturated heterocycles. The highest BCUT2D eigenvalue weighted by atomic mass is 35.5. The summed E-state index contributed by atoms with van der Waals surface area (Å²) in [6.45, 7) is 0. The number of hydrogen-bond donors (Lipinski definition) is 0. The summed E-state index contributed by atoms with van der Waals surface area (Å²) in [4.78, 5) is 10.2. The van der Waals surface area contributed by atoms with Gasteiger partial charge in [0.2, 0.25) is 0 Å². The van der Waals surface area contributed by atoms with Crippen LogP contribution in [-0.2, 0) is 4.74 Å². The molecule has 3 heteroatoms. The van der Waals surface area contributed by atoms with Gasteiger partial charge in [-0.05, 0) is 25.3 Å². The van der Waals surface area contributed by atoms with Gasteiger partial charge < -0.3 is 4.74 Å². The first-order valence-corrected chi connectivity index (χ1v) is 3.69. The molecule has 2 nitrogen and oxygen atoms in total. The van der Waals surface area contributed by atoms with Crippen LogP contribution in [0.15, 0.2) is 12.2 Å². The predicted molar refractivity (Wildman–Crippen MR) is 39.1 cm³/mol. The summed E-state index contributed by atoms with van der Waals surface area (Å²) in [5, 5.41) is 0. The van der Waals surface area contributed by atoms with Gasteiger partial charge in [0.1, 0.15) is 6.10 Å². The van der Waals surface area contributed by atoms with E-state index in [1.54, 1.807) is 0 Å². The van der Waals surface area contributed by atoms with Gasteiger partial charge in [0.05, 0.1) is 0 Å². The smallest absolute Gasteiger partial charge is 0.404 e. The Morgan fingerprint density at radius 1 is 1.70 bits per heavy atom. The second kappa shape index (κ2) is 3.62. The average Bonchev–Trinajstić information content (AvgIpc) is 1.88. The molecule has 0 N–H and O–H groups in total. The first-order valence-electron chi connectivity index (χ1n) is 3.32. The molecule has 0 aromatic rings. The lowest BCUT2D eigenvalue weighted by molar-refractivity contribution is 0.137. The number of carbonyl (C=O) groups excluding carboxylic acids is 1.